The third-order valence-corrected chi connectivity index (χ3v) is 5.50. The van der Waals surface area contributed by atoms with Crippen LogP contribution >= 0.6 is 0 Å². The SMILES string of the molecule is CN(CC(=O)Nc1ccccc1C(=O)O)C(=O)c1ccc2[nH]c3c(c2c1)CCCC3. The lowest BCUT2D eigenvalue weighted by Gasteiger charge is -2.17. The first-order chi connectivity index (χ1) is 14.4. The lowest BCUT2D eigenvalue weighted by atomic mass is 9.95. The van der Waals surface area contributed by atoms with Gasteiger partial charge in [-0.05, 0) is 61.6 Å². The van der Waals surface area contributed by atoms with Gasteiger partial charge in [0.05, 0.1) is 17.8 Å². The van der Waals surface area contributed by atoms with Crippen LogP contribution in [0.5, 0.6) is 0 Å². The number of nitrogens with one attached hydrogen (secondary N) is 2. The van der Waals surface area contributed by atoms with E-state index in [1.807, 2.05) is 12.1 Å². The van der Waals surface area contributed by atoms with Crippen LogP contribution in [-0.4, -0.2) is 46.4 Å². The first kappa shape index (κ1) is 19.7. The van der Waals surface area contributed by atoms with Gasteiger partial charge in [0.1, 0.15) is 0 Å². The minimum atomic E-state index is -1.13. The van der Waals surface area contributed by atoms with Crippen LogP contribution in [0.4, 0.5) is 5.69 Å². The molecule has 0 fully saturated rings. The second kappa shape index (κ2) is 8.02. The number of aromatic carboxylic acids is 1. The third kappa shape index (κ3) is 3.78. The Morgan fingerprint density at radius 1 is 1.10 bits per heavy atom. The molecule has 0 radical (unpaired) electrons. The van der Waals surface area contributed by atoms with Crippen LogP contribution in [0.25, 0.3) is 10.9 Å². The standard InChI is InChI=1S/C23H23N3O4/c1-26(13-21(27)25-19-9-5-3-7-16(19)23(29)30)22(28)14-10-11-20-17(12-14)15-6-2-4-8-18(15)24-20/h3,5,7,9-12,24H,2,4,6,8,13H2,1H3,(H,25,27)(H,29,30). The Bertz CT molecular complexity index is 1150. The van der Waals surface area contributed by atoms with Gasteiger partial charge in [-0.3, -0.25) is 9.59 Å². The molecule has 3 aromatic rings. The van der Waals surface area contributed by atoms with Crippen LogP contribution in [0.3, 0.4) is 0 Å². The van der Waals surface area contributed by atoms with Crippen LogP contribution in [0.2, 0.25) is 0 Å². The largest absolute Gasteiger partial charge is 0.478 e. The number of para-hydroxylation sites is 1. The quantitative estimate of drug-likeness (QED) is 0.605. The van der Waals surface area contributed by atoms with Crippen molar-refractivity contribution in [3.8, 4) is 0 Å². The van der Waals surface area contributed by atoms with E-state index in [0.717, 1.165) is 30.2 Å². The Morgan fingerprint density at radius 2 is 1.87 bits per heavy atom. The van der Waals surface area contributed by atoms with Crippen molar-refractivity contribution in [3.05, 3.63) is 64.8 Å². The maximum atomic E-state index is 12.9. The molecule has 0 saturated carbocycles. The summed E-state index contributed by atoms with van der Waals surface area (Å²) in [4.78, 5) is 41.3. The number of H-pyrrole nitrogens is 1. The zero-order chi connectivity index (χ0) is 21.3. The zero-order valence-electron chi connectivity index (χ0n) is 16.7. The summed E-state index contributed by atoms with van der Waals surface area (Å²) in [6.07, 6.45) is 4.36. The fourth-order valence-electron chi connectivity index (χ4n) is 4.01. The van der Waals surface area contributed by atoms with Crippen molar-refractivity contribution in [2.75, 3.05) is 18.9 Å². The van der Waals surface area contributed by atoms with Crippen LogP contribution < -0.4 is 5.32 Å². The summed E-state index contributed by atoms with van der Waals surface area (Å²) in [7, 11) is 1.56. The molecular weight excluding hydrogens is 382 g/mol. The molecule has 1 aliphatic carbocycles. The second-order valence-electron chi connectivity index (χ2n) is 7.61. The Kier molecular flexibility index (Phi) is 5.27. The molecule has 0 unspecified atom stereocenters. The van der Waals surface area contributed by atoms with Gasteiger partial charge in [-0.15, -0.1) is 0 Å². The summed E-state index contributed by atoms with van der Waals surface area (Å²) in [5, 5.41) is 12.9. The first-order valence-corrected chi connectivity index (χ1v) is 9.95. The Hall–Kier alpha value is -3.61. The van der Waals surface area contributed by atoms with Gasteiger partial charge in [0.2, 0.25) is 5.91 Å². The van der Waals surface area contributed by atoms with E-state index in [0.29, 0.717) is 5.56 Å². The van der Waals surface area contributed by atoms with Crippen LogP contribution in [-0.2, 0) is 17.6 Å². The molecule has 3 N–H and O–H groups in total. The number of fused-ring (bicyclic) bond motifs is 3. The number of anilines is 1. The Labute approximate surface area is 173 Å². The molecule has 154 valence electrons. The number of rotatable bonds is 5. The highest BCUT2D eigenvalue weighted by Crippen LogP contribution is 2.30. The molecule has 0 saturated heterocycles. The number of carboxylic acid groups (broad SMARTS) is 1. The fraction of sp³-hybridized carbons (Fsp3) is 0.261. The molecule has 0 atom stereocenters. The van der Waals surface area contributed by atoms with Crippen molar-refractivity contribution >= 4 is 34.4 Å². The maximum absolute atomic E-state index is 12.9. The van der Waals surface area contributed by atoms with Crippen molar-refractivity contribution in [1.29, 1.82) is 0 Å². The molecule has 0 spiro atoms. The topological polar surface area (TPSA) is 102 Å². The summed E-state index contributed by atoms with van der Waals surface area (Å²) in [5.41, 5.74) is 4.31. The van der Waals surface area contributed by atoms with Gasteiger partial charge in [-0.1, -0.05) is 12.1 Å². The summed E-state index contributed by atoms with van der Waals surface area (Å²) in [6, 6.07) is 11.7. The number of benzene rings is 2. The van der Waals surface area contributed by atoms with E-state index in [4.69, 9.17) is 0 Å². The van der Waals surface area contributed by atoms with Gasteiger partial charge in [-0.25, -0.2) is 4.79 Å². The highest BCUT2D eigenvalue weighted by molar-refractivity contribution is 6.04. The first-order valence-electron chi connectivity index (χ1n) is 9.95. The molecule has 30 heavy (non-hydrogen) atoms. The lowest BCUT2D eigenvalue weighted by molar-refractivity contribution is -0.116. The number of carbonyl (C=O) groups excluding carboxylic acids is 2. The summed E-state index contributed by atoms with van der Waals surface area (Å²) < 4.78 is 0. The van der Waals surface area contributed by atoms with Gasteiger partial charge < -0.3 is 20.3 Å². The molecule has 1 aromatic heterocycles. The van der Waals surface area contributed by atoms with Gasteiger partial charge in [0.15, 0.2) is 0 Å². The molecule has 0 aliphatic heterocycles. The number of amides is 2. The molecule has 0 bridgehead atoms. The van der Waals surface area contributed by atoms with Crippen molar-refractivity contribution in [2.24, 2.45) is 0 Å². The number of hydrogen-bond acceptors (Lipinski definition) is 3. The number of carboxylic acids is 1. The third-order valence-electron chi connectivity index (χ3n) is 5.50. The molecular formula is C23H23N3O4. The summed E-state index contributed by atoms with van der Waals surface area (Å²) >= 11 is 0. The summed E-state index contributed by atoms with van der Waals surface area (Å²) in [6.45, 7) is -0.184. The molecule has 4 rings (SSSR count). The molecule has 1 heterocycles. The Balaban J connectivity index is 1.48. The van der Waals surface area contributed by atoms with Crippen molar-refractivity contribution in [1.82, 2.24) is 9.88 Å². The smallest absolute Gasteiger partial charge is 0.337 e. The Morgan fingerprint density at radius 3 is 2.67 bits per heavy atom. The average molecular weight is 405 g/mol. The number of aryl methyl sites for hydroxylation is 2. The lowest BCUT2D eigenvalue weighted by Crippen LogP contribution is -2.35. The van der Waals surface area contributed by atoms with Crippen molar-refractivity contribution in [2.45, 2.75) is 25.7 Å². The van der Waals surface area contributed by atoms with E-state index in [1.54, 1.807) is 25.2 Å². The van der Waals surface area contributed by atoms with Gasteiger partial charge in [0.25, 0.3) is 5.91 Å². The van der Waals surface area contributed by atoms with Crippen LogP contribution in [0.15, 0.2) is 42.5 Å². The molecule has 2 aromatic carbocycles. The van der Waals surface area contributed by atoms with E-state index in [9.17, 15) is 19.5 Å². The second-order valence-corrected chi connectivity index (χ2v) is 7.61. The number of likely N-dealkylation sites (N-methyl/N-ethyl adjacent to an activating group) is 1. The van der Waals surface area contributed by atoms with Crippen LogP contribution in [0.1, 0.15) is 44.8 Å². The number of aromatic nitrogens is 1. The van der Waals surface area contributed by atoms with E-state index in [-0.39, 0.29) is 23.7 Å². The normalized spacial score (nSPS) is 13.0. The van der Waals surface area contributed by atoms with Crippen molar-refractivity contribution in [3.63, 3.8) is 0 Å². The molecule has 2 amide bonds. The maximum Gasteiger partial charge on any atom is 0.337 e. The van der Waals surface area contributed by atoms with E-state index in [2.05, 4.69) is 10.3 Å². The fourth-order valence-corrected chi connectivity index (χ4v) is 4.01. The van der Waals surface area contributed by atoms with E-state index in [1.165, 1.54) is 34.7 Å². The predicted octanol–water partition coefficient (Wildman–Crippen LogP) is 3.46. The molecule has 7 heteroatoms. The zero-order valence-corrected chi connectivity index (χ0v) is 16.7. The van der Waals surface area contributed by atoms with E-state index < -0.39 is 11.9 Å². The minimum absolute atomic E-state index is 0.00233. The number of aromatic amines is 1. The number of nitrogens with zero attached hydrogens (tertiary/aromatic N) is 1. The van der Waals surface area contributed by atoms with Crippen LogP contribution in [0, 0.1) is 0 Å². The average Bonchev–Trinajstić information content (AvgIpc) is 3.11. The van der Waals surface area contributed by atoms with Gasteiger partial charge in [-0.2, -0.15) is 0 Å². The van der Waals surface area contributed by atoms with Gasteiger partial charge in [0, 0.05) is 29.2 Å². The monoisotopic (exact) mass is 405 g/mol. The highest BCUT2D eigenvalue weighted by atomic mass is 16.4. The molecule has 7 nitrogen and oxygen atoms in total. The minimum Gasteiger partial charge on any atom is -0.478 e. The number of carbonyl (C=O) groups is 3. The van der Waals surface area contributed by atoms with Gasteiger partial charge >= 0.3 is 5.97 Å². The summed E-state index contributed by atoms with van der Waals surface area (Å²) in [5.74, 6) is -1.84. The van der Waals surface area contributed by atoms with E-state index >= 15 is 0 Å². The van der Waals surface area contributed by atoms with Crippen molar-refractivity contribution < 1.29 is 19.5 Å². The molecule has 1 aliphatic rings. The number of hydrogen-bond donors (Lipinski definition) is 3. The predicted molar refractivity (Wildman–Crippen MR) is 114 cm³/mol. The highest BCUT2D eigenvalue weighted by Gasteiger charge is 2.20.